The largest absolute Gasteiger partial charge is 0.459 e. The molecule has 0 N–H and O–H groups in total. The van der Waals surface area contributed by atoms with E-state index in [9.17, 15) is 4.79 Å². The molecule has 4 nitrogen and oxygen atoms in total. The molecule has 0 unspecified atom stereocenters. The summed E-state index contributed by atoms with van der Waals surface area (Å²) in [6.07, 6.45) is 4.56. The van der Waals surface area contributed by atoms with Gasteiger partial charge in [-0.3, -0.25) is 4.79 Å². The molecule has 0 aromatic carbocycles. The van der Waals surface area contributed by atoms with Crippen LogP contribution in [0.3, 0.4) is 0 Å². The van der Waals surface area contributed by atoms with Crippen molar-refractivity contribution in [3.63, 3.8) is 0 Å². The van der Waals surface area contributed by atoms with Gasteiger partial charge in [0.25, 0.3) is 0 Å². The minimum absolute atomic E-state index is 0.00123. The predicted molar refractivity (Wildman–Crippen MR) is 67.6 cm³/mol. The standard InChI is InChI=1S/C15H22O4/c1-8-9-4-6-14(2)10(18-14)5-7-15(3)12(19-15)11(9)17-13(8)16/h8-12H,4-7H2,1-3H3/t8-,9+,10+,11-,12+,14-,15+/m0/s1. The third-order valence-electron chi connectivity index (χ3n) is 5.84. The lowest BCUT2D eigenvalue weighted by Gasteiger charge is -2.21. The fourth-order valence-electron chi connectivity index (χ4n) is 4.11. The molecule has 4 heteroatoms. The van der Waals surface area contributed by atoms with Crippen LogP contribution in [0.4, 0.5) is 0 Å². The Balaban J connectivity index is 1.60. The Hall–Kier alpha value is -0.610. The van der Waals surface area contributed by atoms with E-state index in [0.29, 0.717) is 12.0 Å². The molecular formula is C15H22O4. The van der Waals surface area contributed by atoms with E-state index in [2.05, 4.69) is 13.8 Å². The van der Waals surface area contributed by atoms with E-state index in [1.54, 1.807) is 0 Å². The van der Waals surface area contributed by atoms with Gasteiger partial charge in [-0.15, -0.1) is 0 Å². The molecule has 0 spiro atoms. The Morgan fingerprint density at radius 3 is 2.63 bits per heavy atom. The zero-order valence-electron chi connectivity index (χ0n) is 11.8. The maximum atomic E-state index is 11.9. The second-order valence-electron chi connectivity index (χ2n) is 7.20. The highest BCUT2D eigenvalue weighted by Gasteiger charge is 2.64. The number of rotatable bonds is 0. The monoisotopic (exact) mass is 266 g/mol. The number of epoxide rings is 2. The third-order valence-corrected chi connectivity index (χ3v) is 5.84. The van der Waals surface area contributed by atoms with E-state index < -0.39 is 0 Å². The Labute approximate surface area is 113 Å². The summed E-state index contributed by atoms with van der Waals surface area (Å²) >= 11 is 0. The molecule has 4 aliphatic rings. The molecule has 3 heterocycles. The van der Waals surface area contributed by atoms with E-state index in [-0.39, 0.29) is 35.3 Å². The predicted octanol–water partition coefficient (Wildman–Crippen LogP) is 2.05. The van der Waals surface area contributed by atoms with Crippen LogP contribution in [0, 0.1) is 11.8 Å². The average molecular weight is 266 g/mol. The number of esters is 1. The topological polar surface area (TPSA) is 51.4 Å². The summed E-state index contributed by atoms with van der Waals surface area (Å²) in [5, 5.41) is 0. The second kappa shape index (κ2) is 3.53. The molecule has 0 aromatic rings. The van der Waals surface area contributed by atoms with Crippen LogP contribution in [0.25, 0.3) is 0 Å². The molecule has 0 bridgehead atoms. The number of hydrogen-bond donors (Lipinski definition) is 0. The highest BCUT2D eigenvalue weighted by molar-refractivity contribution is 5.75. The van der Waals surface area contributed by atoms with E-state index in [1.165, 1.54) is 0 Å². The number of hydrogen-bond acceptors (Lipinski definition) is 4. The van der Waals surface area contributed by atoms with Gasteiger partial charge in [0.2, 0.25) is 0 Å². The summed E-state index contributed by atoms with van der Waals surface area (Å²) in [7, 11) is 0. The van der Waals surface area contributed by atoms with Crippen LogP contribution in [0.2, 0.25) is 0 Å². The first kappa shape index (κ1) is 12.2. The second-order valence-corrected chi connectivity index (χ2v) is 7.20. The Morgan fingerprint density at radius 1 is 1.11 bits per heavy atom. The van der Waals surface area contributed by atoms with Crippen LogP contribution >= 0.6 is 0 Å². The van der Waals surface area contributed by atoms with Gasteiger partial charge in [-0.25, -0.2) is 0 Å². The lowest BCUT2D eigenvalue weighted by Crippen LogP contribution is -2.31. The fourth-order valence-corrected chi connectivity index (χ4v) is 4.11. The van der Waals surface area contributed by atoms with Crippen molar-refractivity contribution in [3.8, 4) is 0 Å². The Bertz CT molecular complexity index is 436. The van der Waals surface area contributed by atoms with Gasteiger partial charge in [0.15, 0.2) is 0 Å². The zero-order chi connectivity index (χ0) is 13.4. The third kappa shape index (κ3) is 1.69. The van der Waals surface area contributed by atoms with Crippen molar-refractivity contribution in [1.82, 2.24) is 0 Å². The van der Waals surface area contributed by atoms with Crippen LogP contribution in [-0.2, 0) is 19.0 Å². The van der Waals surface area contributed by atoms with Gasteiger partial charge in [0.1, 0.15) is 12.2 Å². The maximum Gasteiger partial charge on any atom is 0.309 e. The minimum Gasteiger partial charge on any atom is -0.459 e. The van der Waals surface area contributed by atoms with E-state index in [0.717, 1.165) is 25.7 Å². The molecular weight excluding hydrogens is 244 g/mol. The molecule has 106 valence electrons. The van der Waals surface area contributed by atoms with Crippen molar-refractivity contribution in [2.75, 3.05) is 0 Å². The molecule has 4 fully saturated rings. The first-order chi connectivity index (χ1) is 8.93. The molecule has 0 aromatic heterocycles. The number of carbonyl (C=O) groups excluding carboxylic acids is 1. The molecule has 4 rings (SSSR count). The first-order valence-corrected chi connectivity index (χ1v) is 7.49. The first-order valence-electron chi connectivity index (χ1n) is 7.49. The zero-order valence-corrected chi connectivity index (χ0v) is 11.8. The number of carbonyl (C=O) groups is 1. The van der Waals surface area contributed by atoms with Gasteiger partial charge in [0.05, 0.1) is 23.2 Å². The summed E-state index contributed by atoms with van der Waals surface area (Å²) in [4.78, 5) is 11.9. The van der Waals surface area contributed by atoms with E-state index in [4.69, 9.17) is 14.2 Å². The van der Waals surface area contributed by atoms with Crippen LogP contribution in [-0.4, -0.2) is 35.5 Å². The number of ether oxygens (including phenoxy) is 3. The van der Waals surface area contributed by atoms with E-state index in [1.807, 2.05) is 6.92 Å². The molecule has 1 aliphatic carbocycles. The molecule has 3 saturated heterocycles. The normalized spacial score (nSPS) is 59.5. The SMILES string of the molecule is C[C@@H]1C(=O)O[C@H]2[C@@H]1CC[C@]1(C)O[C@@H]1CC[C@@]1(C)O[C@H]21. The van der Waals surface area contributed by atoms with Crippen molar-refractivity contribution in [2.45, 2.75) is 76.0 Å². The van der Waals surface area contributed by atoms with Crippen molar-refractivity contribution in [1.29, 1.82) is 0 Å². The molecule has 19 heavy (non-hydrogen) atoms. The molecule has 1 saturated carbocycles. The fraction of sp³-hybridized carbons (Fsp3) is 0.933. The highest BCUT2D eigenvalue weighted by atomic mass is 16.6. The summed E-state index contributed by atoms with van der Waals surface area (Å²) in [5.41, 5.74) is -0.0640. The van der Waals surface area contributed by atoms with Gasteiger partial charge in [0, 0.05) is 5.92 Å². The highest BCUT2D eigenvalue weighted by Crippen LogP contribution is 2.54. The van der Waals surface area contributed by atoms with Crippen LogP contribution in [0.15, 0.2) is 0 Å². The van der Waals surface area contributed by atoms with Gasteiger partial charge in [-0.2, -0.15) is 0 Å². The van der Waals surface area contributed by atoms with Crippen molar-refractivity contribution < 1.29 is 19.0 Å². The summed E-state index contributed by atoms with van der Waals surface area (Å²) in [5.74, 6) is 0.239. The minimum atomic E-state index is -0.0997. The van der Waals surface area contributed by atoms with Gasteiger partial charge in [-0.1, -0.05) is 6.92 Å². The molecule has 0 amide bonds. The van der Waals surface area contributed by atoms with Crippen molar-refractivity contribution in [2.24, 2.45) is 11.8 Å². The Morgan fingerprint density at radius 2 is 1.84 bits per heavy atom. The molecule has 7 atom stereocenters. The van der Waals surface area contributed by atoms with Crippen LogP contribution < -0.4 is 0 Å². The summed E-state index contributed by atoms with van der Waals surface area (Å²) in [6, 6.07) is 0. The number of fused-ring (bicyclic) bond motifs is 4. The maximum absolute atomic E-state index is 11.9. The lowest BCUT2D eigenvalue weighted by atomic mass is 9.79. The lowest BCUT2D eigenvalue weighted by molar-refractivity contribution is -0.144. The average Bonchev–Trinajstić information content (AvgIpc) is 3.18. The van der Waals surface area contributed by atoms with Gasteiger partial charge < -0.3 is 14.2 Å². The van der Waals surface area contributed by atoms with Crippen molar-refractivity contribution >= 4 is 5.97 Å². The smallest absolute Gasteiger partial charge is 0.309 e. The van der Waals surface area contributed by atoms with Crippen molar-refractivity contribution in [3.05, 3.63) is 0 Å². The molecule has 3 aliphatic heterocycles. The quantitative estimate of drug-likeness (QED) is 0.497. The molecule has 0 radical (unpaired) electrons. The van der Waals surface area contributed by atoms with Crippen LogP contribution in [0.1, 0.15) is 46.5 Å². The summed E-state index contributed by atoms with van der Waals surface area (Å²) in [6.45, 7) is 6.34. The summed E-state index contributed by atoms with van der Waals surface area (Å²) < 4.78 is 17.4. The Kier molecular flexibility index (Phi) is 2.26. The van der Waals surface area contributed by atoms with E-state index >= 15 is 0 Å². The van der Waals surface area contributed by atoms with Crippen LogP contribution in [0.5, 0.6) is 0 Å². The van der Waals surface area contributed by atoms with Gasteiger partial charge in [-0.05, 0) is 39.5 Å². The van der Waals surface area contributed by atoms with Gasteiger partial charge >= 0.3 is 5.97 Å².